The van der Waals surface area contributed by atoms with E-state index in [0.717, 1.165) is 0 Å². The van der Waals surface area contributed by atoms with E-state index in [-0.39, 0.29) is 24.2 Å². The molecule has 0 atom stereocenters. The molecule has 0 amide bonds. The van der Waals surface area contributed by atoms with E-state index >= 15 is 0 Å². The lowest BCUT2D eigenvalue weighted by molar-refractivity contribution is -0.207. The van der Waals surface area contributed by atoms with Crippen LogP contribution in [-0.4, -0.2) is 22.8 Å². The van der Waals surface area contributed by atoms with E-state index in [9.17, 15) is 14.7 Å². The Morgan fingerprint density at radius 3 is 2.53 bits per heavy atom. The van der Waals surface area contributed by atoms with Gasteiger partial charge >= 0.3 is 11.9 Å². The molecule has 0 aromatic rings. The van der Waals surface area contributed by atoms with Gasteiger partial charge in [-0.15, -0.1) is 0 Å². The van der Waals surface area contributed by atoms with Crippen LogP contribution >= 0.6 is 0 Å². The fourth-order valence-electron chi connectivity index (χ4n) is 1.27. The number of cyclic esters (lactones) is 2. The van der Waals surface area contributed by atoms with Gasteiger partial charge in [0, 0.05) is 20.3 Å². The monoisotopic (exact) mass is 214 g/mol. The fourth-order valence-corrected chi connectivity index (χ4v) is 1.27. The maximum Gasteiger partial charge on any atom is 0.341 e. The maximum atomic E-state index is 11.5. The topological polar surface area (TPSA) is 72.8 Å². The highest BCUT2D eigenvalue weighted by molar-refractivity contribution is 5.95. The van der Waals surface area contributed by atoms with Gasteiger partial charge in [-0.05, 0) is 0 Å². The van der Waals surface area contributed by atoms with E-state index < -0.39 is 17.7 Å². The zero-order chi connectivity index (χ0) is 11.6. The number of esters is 2. The summed E-state index contributed by atoms with van der Waals surface area (Å²) in [7, 11) is 0. The number of carbonyl (C=O) groups excluding carboxylic acids is 2. The molecule has 5 nitrogen and oxygen atoms in total. The van der Waals surface area contributed by atoms with Gasteiger partial charge in [0.25, 0.3) is 5.79 Å². The van der Waals surface area contributed by atoms with E-state index in [0.29, 0.717) is 0 Å². The second kappa shape index (κ2) is 3.92. The maximum absolute atomic E-state index is 11.5. The standard InChI is InChI=1S/C10H14O5/c1-4-7(11)6-5-8(12)14-10(2,3)15-9(6)13/h11H,4-5H2,1-3H3/b7-6+. The number of carbonyl (C=O) groups is 2. The van der Waals surface area contributed by atoms with Crippen molar-refractivity contribution in [1.29, 1.82) is 0 Å². The number of rotatable bonds is 1. The van der Waals surface area contributed by atoms with Crippen LogP contribution < -0.4 is 0 Å². The third kappa shape index (κ3) is 2.71. The third-order valence-corrected chi connectivity index (χ3v) is 1.95. The molecule has 1 heterocycles. The molecule has 1 fully saturated rings. The molecule has 0 aliphatic carbocycles. The predicted octanol–water partition coefficient (Wildman–Crippen LogP) is 1.43. The summed E-state index contributed by atoms with van der Waals surface area (Å²) in [6, 6.07) is 0. The number of hydrogen-bond acceptors (Lipinski definition) is 5. The van der Waals surface area contributed by atoms with Gasteiger partial charge in [-0.3, -0.25) is 4.79 Å². The molecule has 1 aliphatic heterocycles. The SMILES string of the molecule is CC/C(O)=C1/CC(=O)OC(C)(C)OC1=O. The first kappa shape index (κ1) is 11.6. The molecule has 0 unspecified atom stereocenters. The second-order valence-corrected chi connectivity index (χ2v) is 3.72. The van der Waals surface area contributed by atoms with E-state index in [1.807, 2.05) is 0 Å². The van der Waals surface area contributed by atoms with Crippen molar-refractivity contribution in [2.45, 2.75) is 39.4 Å². The van der Waals surface area contributed by atoms with Crippen molar-refractivity contribution in [2.24, 2.45) is 0 Å². The molecule has 1 N–H and O–H groups in total. The van der Waals surface area contributed by atoms with Crippen LogP contribution in [0.3, 0.4) is 0 Å². The highest BCUT2D eigenvalue weighted by Gasteiger charge is 2.35. The van der Waals surface area contributed by atoms with Gasteiger partial charge < -0.3 is 14.6 Å². The number of aliphatic hydroxyl groups excluding tert-OH is 1. The van der Waals surface area contributed by atoms with Crippen molar-refractivity contribution in [3.05, 3.63) is 11.3 Å². The molecule has 0 radical (unpaired) electrons. The Morgan fingerprint density at radius 2 is 2.00 bits per heavy atom. The zero-order valence-electron chi connectivity index (χ0n) is 8.99. The van der Waals surface area contributed by atoms with Crippen molar-refractivity contribution in [3.63, 3.8) is 0 Å². The molecular weight excluding hydrogens is 200 g/mol. The second-order valence-electron chi connectivity index (χ2n) is 3.72. The minimum absolute atomic E-state index is 0.0203. The molecule has 0 aromatic carbocycles. The summed E-state index contributed by atoms with van der Waals surface area (Å²) in [5.74, 6) is -2.69. The Hall–Kier alpha value is -1.52. The highest BCUT2D eigenvalue weighted by atomic mass is 16.7. The lowest BCUT2D eigenvalue weighted by atomic mass is 10.1. The molecule has 5 heteroatoms. The lowest BCUT2D eigenvalue weighted by Gasteiger charge is -2.21. The summed E-state index contributed by atoms with van der Waals surface area (Å²) >= 11 is 0. The molecule has 1 saturated heterocycles. The normalized spacial score (nSPS) is 23.9. The van der Waals surface area contributed by atoms with Crippen LogP contribution in [0.25, 0.3) is 0 Å². The molecule has 0 spiro atoms. The minimum Gasteiger partial charge on any atom is -0.512 e. The summed E-state index contributed by atoms with van der Waals surface area (Å²) in [5, 5.41) is 9.44. The van der Waals surface area contributed by atoms with Gasteiger partial charge in [0.1, 0.15) is 5.76 Å². The van der Waals surface area contributed by atoms with Crippen LogP contribution in [0.4, 0.5) is 0 Å². The van der Waals surface area contributed by atoms with Crippen LogP contribution in [0, 0.1) is 0 Å². The Morgan fingerprint density at radius 1 is 1.40 bits per heavy atom. The molecule has 1 rings (SSSR count). The average molecular weight is 214 g/mol. The molecule has 15 heavy (non-hydrogen) atoms. The molecule has 0 saturated carbocycles. The minimum atomic E-state index is -1.27. The Bertz CT molecular complexity index is 327. The number of allylic oxidation sites excluding steroid dienone is 1. The molecule has 1 aliphatic rings. The Balaban J connectivity index is 3.04. The van der Waals surface area contributed by atoms with E-state index in [1.165, 1.54) is 13.8 Å². The molecule has 0 aromatic heterocycles. The van der Waals surface area contributed by atoms with E-state index in [1.54, 1.807) is 6.92 Å². The summed E-state index contributed by atoms with van der Waals surface area (Å²) in [5.41, 5.74) is -0.0203. The first-order valence-electron chi connectivity index (χ1n) is 4.72. The Labute approximate surface area is 87.7 Å². The molecular formula is C10H14O5. The summed E-state index contributed by atoms with van der Waals surface area (Å²) < 4.78 is 9.77. The van der Waals surface area contributed by atoms with Gasteiger partial charge in [0.2, 0.25) is 0 Å². The fraction of sp³-hybridized carbons (Fsp3) is 0.600. The van der Waals surface area contributed by atoms with Crippen LogP contribution in [-0.2, 0) is 19.1 Å². The van der Waals surface area contributed by atoms with Crippen LogP contribution in [0.5, 0.6) is 0 Å². The summed E-state index contributed by atoms with van der Waals surface area (Å²) in [6.07, 6.45) is 0.0279. The average Bonchev–Trinajstić information content (AvgIpc) is 2.19. The van der Waals surface area contributed by atoms with Crippen molar-refractivity contribution < 1.29 is 24.2 Å². The van der Waals surface area contributed by atoms with Gasteiger partial charge in [-0.2, -0.15) is 0 Å². The van der Waals surface area contributed by atoms with Gasteiger partial charge in [0.05, 0.1) is 12.0 Å². The van der Waals surface area contributed by atoms with Crippen LogP contribution in [0.2, 0.25) is 0 Å². The highest BCUT2D eigenvalue weighted by Crippen LogP contribution is 2.24. The molecule has 84 valence electrons. The third-order valence-electron chi connectivity index (χ3n) is 1.95. The van der Waals surface area contributed by atoms with Crippen LogP contribution in [0.15, 0.2) is 11.3 Å². The quantitative estimate of drug-likeness (QED) is 0.406. The first-order valence-corrected chi connectivity index (χ1v) is 4.72. The van der Waals surface area contributed by atoms with Crippen molar-refractivity contribution >= 4 is 11.9 Å². The summed E-state index contributed by atoms with van der Waals surface area (Å²) in [6.45, 7) is 4.61. The Kier molecular flexibility index (Phi) is 3.02. The van der Waals surface area contributed by atoms with Crippen LogP contribution in [0.1, 0.15) is 33.6 Å². The largest absolute Gasteiger partial charge is 0.512 e. The van der Waals surface area contributed by atoms with E-state index in [4.69, 9.17) is 9.47 Å². The number of aliphatic hydroxyl groups is 1. The summed E-state index contributed by atoms with van der Waals surface area (Å²) in [4.78, 5) is 22.8. The van der Waals surface area contributed by atoms with Crippen molar-refractivity contribution in [2.75, 3.05) is 0 Å². The van der Waals surface area contributed by atoms with Gasteiger partial charge in [-0.1, -0.05) is 6.92 Å². The first-order chi connectivity index (χ1) is 6.85. The smallest absolute Gasteiger partial charge is 0.341 e. The molecule has 0 bridgehead atoms. The lowest BCUT2D eigenvalue weighted by Crippen LogP contribution is -2.30. The van der Waals surface area contributed by atoms with E-state index in [2.05, 4.69) is 0 Å². The number of hydrogen-bond donors (Lipinski definition) is 1. The van der Waals surface area contributed by atoms with Crippen molar-refractivity contribution in [1.82, 2.24) is 0 Å². The van der Waals surface area contributed by atoms with Gasteiger partial charge in [0.15, 0.2) is 0 Å². The predicted molar refractivity (Wildman–Crippen MR) is 50.8 cm³/mol. The van der Waals surface area contributed by atoms with Gasteiger partial charge in [-0.25, -0.2) is 4.79 Å². The zero-order valence-corrected chi connectivity index (χ0v) is 8.99. The number of ether oxygens (including phenoxy) is 2. The van der Waals surface area contributed by atoms with Crippen molar-refractivity contribution in [3.8, 4) is 0 Å².